The molecule has 0 amide bonds. The molecule has 0 unspecified atom stereocenters. The normalized spacial score (nSPS) is 11.9. The Bertz CT molecular complexity index is 1330. The minimum absolute atomic E-state index is 0.0215. The van der Waals surface area contributed by atoms with Crippen LogP contribution in [0.15, 0.2) is 57.9 Å². The Balaban J connectivity index is 1.56. The fourth-order valence-electron chi connectivity index (χ4n) is 3.34. The lowest BCUT2D eigenvalue weighted by Crippen LogP contribution is -2.30. The summed E-state index contributed by atoms with van der Waals surface area (Å²) in [5, 5.41) is 12.1. The van der Waals surface area contributed by atoms with E-state index >= 15 is 0 Å². The Labute approximate surface area is 185 Å². The summed E-state index contributed by atoms with van der Waals surface area (Å²) in [4.78, 5) is 7.04. The van der Waals surface area contributed by atoms with Crippen molar-refractivity contribution in [1.82, 2.24) is 24.6 Å². The van der Waals surface area contributed by atoms with Crippen molar-refractivity contribution < 1.29 is 22.5 Å². The lowest BCUT2D eigenvalue weighted by Gasteiger charge is -2.18. The average molecular weight is 458 g/mol. The highest BCUT2D eigenvalue weighted by atomic mass is 32.2. The van der Waals surface area contributed by atoms with E-state index in [0.717, 1.165) is 5.56 Å². The fraction of sp³-hybridized carbons (Fsp3) is 0.286. The largest absolute Gasteiger partial charge is 0.496 e. The van der Waals surface area contributed by atoms with E-state index in [-0.39, 0.29) is 11.5 Å². The molecule has 0 N–H and O–H groups in total. The molecule has 4 rings (SSSR count). The number of sulfonamides is 1. The minimum atomic E-state index is -3.62. The molecule has 2 heterocycles. The van der Waals surface area contributed by atoms with Gasteiger partial charge in [0, 0.05) is 24.7 Å². The molecule has 32 heavy (non-hydrogen) atoms. The van der Waals surface area contributed by atoms with Gasteiger partial charge >= 0.3 is 0 Å². The van der Waals surface area contributed by atoms with Crippen LogP contribution in [0.25, 0.3) is 22.3 Å². The predicted molar refractivity (Wildman–Crippen MR) is 116 cm³/mol. The highest BCUT2D eigenvalue weighted by molar-refractivity contribution is 7.89. The van der Waals surface area contributed by atoms with Crippen molar-refractivity contribution in [2.75, 3.05) is 20.2 Å². The fourth-order valence-corrected chi connectivity index (χ4v) is 4.81. The number of methoxy groups -OCH3 is 1. The molecule has 0 aliphatic rings. The van der Waals surface area contributed by atoms with Crippen LogP contribution < -0.4 is 9.57 Å². The summed E-state index contributed by atoms with van der Waals surface area (Å²) in [6, 6.07) is 13.8. The number of nitrogens with zero attached hydrogens (tertiary/aromatic N) is 5. The van der Waals surface area contributed by atoms with Crippen LogP contribution in [-0.2, 0) is 16.6 Å². The van der Waals surface area contributed by atoms with Gasteiger partial charge in [0.25, 0.3) is 0 Å². The van der Waals surface area contributed by atoms with E-state index in [1.54, 1.807) is 33.1 Å². The van der Waals surface area contributed by atoms with Gasteiger partial charge in [0.2, 0.25) is 10.0 Å². The highest BCUT2D eigenvalue weighted by Crippen LogP contribution is 2.29. The molecule has 0 atom stereocenters. The molecule has 2 aromatic heterocycles. The molecular weight excluding hydrogens is 434 g/mol. The Morgan fingerprint density at radius 2 is 1.88 bits per heavy atom. The molecule has 11 heteroatoms. The second-order valence-electron chi connectivity index (χ2n) is 6.85. The molecule has 0 radical (unpaired) electrons. The Morgan fingerprint density at radius 1 is 1.09 bits per heavy atom. The van der Waals surface area contributed by atoms with Crippen molar-refractivity contribution in [3.05, 3.63) is 54.3 Å². The van der Waals surface area contributed by atoms with E-state index in [1.165, 1.54) is 21.3 Å². The zero-order valence-corrected chi connectivity index (χ0v) is 18.7. The second kappa shape index (κ2) is 8.97. The first-order valence-corrected chi connectivity index (χ1v) is 11.5. The molecule has 0 fully saturated rings. The maximum Gasteiger partial charge on any atom is 0.243 e. The lowest BCUT2D eigenvalue weighted by atomic mass is 10.1. The van der Waals surface area contributed by atoms with Crippen LogP contribution in [0.1, 0.15) is 19.6 Å². The van der Waals surface area contributed by atoms with Gasteiger partial charge in [0.1, 0.15) is 22.5 Å². The van der Waals surface area contributed by atoms with Crippen molar-refractivity contribution in [2.45, 2.75) is 25.3 Å². The van der Waals surface area contributed by atoms with Crippen LogP contribution >= 0.6 is 0 Å². The van der Waals surface area contributed by atoms with Gasteiger partial charge in [0.15, 0.2) is 12.4 Å². The van der Waals surface area contributed by atoms with Gasteiger partial charge in [-0.05, 0) is 35.5 Å². The third kappa shape index (κ3) is 4.04. The molecular formula is C21H23N5O5S. The third-order valence-electron chi connectivity index (χ3n) is 5.00. The molecule has 4 aromatic rings. The smallest absolute Gasteiger partial charge is 0.243 e. The van der Waals surface area contributed by atoms with Crippen LogP contribution in [0.5, 0.6) is 5.75 Å². The Morgan fingerprint density at radius 3 is 2.62 bits per heavy atom. The SMILES string of the molecule is CCN(CC)S(=O)(=O)c1ccc2nnn(OCc3cc(-c4ccccc4OC)no3)c2c1. The van der Waals surface area contributed by atoms with Crippen LogP contribution in [0.4, 0.5) is 0 Å². The molecule has 168 valence electrons. The van der Waals surface area contributed by atoms with Gasteiger partial charge in [-0.1, -0.05) is 36.0 Å². The first kappa shape index (κ1) is 21.8. The van der Waals surface area contributed by atoms with Crippen molar-refractivity contribution in [3.8, 4) is 17.0 Å². The predicted octanol–water partition coefficient (Wildman–Crippen LogP) is 2.75. The average Bonchev–Trinajstić information content (AvgIpc) is 3.45. The van der Waals surface area contributed by atoms with E-state index < -0.39 is 10.0 Å². The quantitative estimate of drug-likeness (QED) is 0.377. The van der Waals surface area contributed by atoms with Crippen LogP contribution in [-0.4, -0.2) is 53.2 Å². The first-order chi connectivity index (χ1) is 15.5. The minimum Gasteiger partial charge on any atom is -0.496 e. The Kier molecular flexibility index (Phi) is 6.10. The van der Waals surface area contributed by atoms with Crippen LogP contribution in [0.3, 0.4) is 0 Å². The zero-order chi connectivity index (χ0) is 22.7. The van der Waals surface area contributed by atoms with E-state index in [0.29, 0.717) is 41.3 Å². The summed E-state index contributed by atoms with van der Waals surface area (Å²) in [7, 11) is -2.03. The summed E-state index contributed by atoms with van der Waals surface area (Å²) in [6.07, 6.45) is 0. The number of para-hydroxylation sites is 1. The van der Waals surface area contributed by atoms with Gasteiger partial charge < -0.3 is 14.1 Å². The van der Waals surface area contributed by atoms with Gasteiger partial charge in [-0.15, -0.1) is 5.10 Å². The van der Waals surface area contributed by atoms with Gasteiger partial charge in [-0.25, -0.2) is 8.42 Å². The molecule has 10 nitrogen and oxygen atoms in total. The molecule has 0 saturated heterocycles. The van der Waals surface area contributed by atoms with Gasteiger partial charge in [-0.2, -0.15) is 4.31 Å². The lowest BCUT2D eigenvalue weighted by molar-refractivity contribution is 0.0610. The second-order valence-corrected chi connectivity index (χ2v) is 8.79. The molecule has 2 aromatic carbocycles. The van der Waals surface area contributed by atoms with E-state index in [9.17, 15) is 8.42 Å². The van der Waals surface area contributed by atoms with Crippen LogP contribution in [0, 0.1) is 0 Å². The summed E-state index contributed by atoms with van der Waals surface area (Å²) < 4.78 is 37.8. The number of hydrogen-bond acceptors (Lipinski definition) is 8. The molecule has 0 aliphatic carbocycles. The number of hydrogen-bond donors (Lipinski definition) is 0. The first-order valence-electron chi connectivity index (χ1n) is 10.1. The summed E-state index contributed by atoms with van der Waals surface area (Å²) >= 11 is 0. The van der Waals surface area contributed by atoms with Crippen molar-refractivity contribution >= 4 is 21.1 Å². The molecule has 0 bridgehead atoms. The highest BCUT2D eigenvalue weighted by Gasteiger charge is 2.23. The molecule has 0 aliphatic heterocycles. The Hall–Kier alpha value is -3.44. The number of ether oxygens (including phenoxy) is 1. The number of aromatic nitrogens is 4. The van der Waals surface area contributed by atoms with E-state index in [1.807, 2.05) is 24.3 Å². The monoisotopic (exact) mass is 457 g/mol. The zero-order valence-electron chi connectivity index (χ0n) is 17.9. The number of benzene rings is 2. The van der Waals surface area contributed by atoms with Crippen LogP contribution in [0.2, 0.25) is 0 Å². The van der Waals surface area contributed by atoms with Gasteiger partial charge in [-0.3, -0.25) is 0 Å². The molecule has 0 saturated carbocycles. The standard InChI is InChI=1S/C21H23N5O5S/c1-4-25(5-2)32(27,28)16-10-11-18-20(13-16)26(24-22-18)30-14-15-12-19(23-31-15)17-8-6-7-9-21(17)29-3/h6-13H,4-5,14H2,1-3H3. The van der Waals surface area contributed by atoms with Crippen molar-refractivity contribution in [3.63, 3.8) is 0 Å². The maximum atomic E-state index is 12.8. The van der Waals surface area contributed by atoms with Gasteiger partial charge in [0.05, 0.1) is 12.0 Å². The number of fused-ring (bicyclic) bond motifs is 1. The van der Waals surface area contributed by atoms with E-state index in [2.05, 4.69) is 15.5 Å². The summed E-state index contributed by atoms with van der Waals surface area (Å²) in [5.74, 6) is 1.14. The topological polar surface area (TPSA) is 113 Å². The maximum absolute atomic E-state index is 12.8. The molecule has 0 spiro atoms. The third-order valence-corrected chi connectivity index (χ3v) is 7.05. The van der Waals surface area contributed by atoms with Crippen molar-refractivity contribution in [2.24, 2.45) is 0 Å². The summed E-state index contributed by atoms with van der Waals surface area (Å²) in [6.45, 7) is 4.37. The van der Waals surface area contributed by atoms with Crippen molar-refractivity contribution in [1.29, 1.82) is 0 Å². The van der Waals surface area contributed by atoms with E-state index in [4.69, 9.17) is 14.1 Å². The summed E-state index contributed by atoms with van der Waals surface area (Å²) in [5.41, 5.74) is 2.35. The number of rotatable bonds is 9.